The minimum Gasteiger partial charge on any atom is -0.439 e. The molecular weight excluding hydrogens is 426 g/mol. The Bertz CT molecular complexity index is 1060. The number of benzene rings is 2. The van der Waals surface area contributed by atoms with E-state index in [2.05, 4.69) is 17.9 Å². The highest BCUT2D eigenvalue weighted by Gasteiger charge is 2.28. The van der Waals surface area contributed by atoms with Gasteiger partial charge in [0.25, 0.3) is 0 Å². The van der Waals surface area contributed by atoms with E-state index < -0.39 is 6.10 Å². The normalized spacial score (nSPS) is 14.7. The molecule has 1 aliphatic carbocycles. The van der Waals surface area contributed by atoms with Gasteiger partial charge < -0.3 is 14.6 Å². The molecule has 1 atom stereocenters. The third-order valence-corrected chi connectivity index (χ3v) is 6.03. The molecule has 1 saturated carbocycles. The van der Waals surface area contributed by atoms with Gasteiger partial charge in [0.15, 0.2) is 0 Å². The molecule has 0 unspecified atom stereocenters. The lowest BCUT2D eigenvalue weighted by atomic mass is 10.2. The van der Waals surface area contributed by atoms with Gasteiger partial charge in [-0.1, -0.05) is 30.3 Å². The van der Waals surface area contributed by atoms with Gasteiger partial charge >= 0.3 is 0 Å². The molecule has 0 saturated heterocycles. The fourth-order valence-corrected chi connectivity index (χ4v) is 4.11. The first-order valence-electron chi connectivity index (χ1n) is 12.3. The van der Waals surface area contributed by atoms with E-state index in [1.165, 1.54) is 12.8 Å². The van der Waals surface area contributed by atoms with Crippen molar-refractivity contribution >= 4 is 0 Å². The van der Waals surface area contributed by atoms with Gasteiger partial charge in [-0.15, -0.1) is 0 Å². The molecule has 0 amide bonds. The second-order valence-corrected chi connectivity index (χ2v) is 9.71. The Morgan fingerprint density at radius 1 is 1.09 bits per heavy atom. The molecule has 1 aromatic heterocycles. The van der Waals surface area contributed by atoms with E-state index in [1.54, 1.807) is 0 Å². The van der Waals surface area contributed by atoms with Crippen molar-refractivity contribution in [3.8, 4) is 17.3 Å². The molecule has 1 N–H and O–H groups in total. The summed E-state index contributed by atoms with van der Waals surface area (Å²) in [5.74, 6) is 2.21. The summed E-state index contributed by atoms with van der Waals surface area (Å²) in [6.45, 7) is 10.6. The molecule has 1 aliphatic rings. The highest BCUT2D eigenvalue weighted by atomic mass is 16.5. The quantitative estimate of drug-likeness (QED) is 0.396. The van der Waals surface area contributed by atoms with Crippen LogP contribution in [-0.2, 0) is 11.3 Å². The van der Waals surface area contributed by atoms with Crippen molar-refractivity contribution in [3.63, 3.8) is 0 Å². The fraction of sp³-hybridized carbons (Fsp3) is 0.464. The first-order chi connectivity index (χ1) is 16.4. The molecule has 1 fully saturated rings. The number of aryl methyl sites for hydroxylation is 2. The van der Waals surface area contributed by atoms with Crippen molar-refractivity contribution in [1.82, 2.24) is 14.7 Å². The van der Waals surface area contributed by atoms with Gasteiger partial charge in [-0.25, -0.2) is 4.68 Å². The van der Waals surface area contributed by atoms with Crippen LogP contribution in [0.3, 0.4) is 0 Å². The van der Waals surface area contributed by atoms with Crippen molar-refractivity contribution in [2.75, 3.05) is 19.7 Å². The number of aromatic nitrogens is 2. The maximum Gasteiger partial charge on any atom is 0.227 e. The van der Waals surface area contributed by atoms with Crippen LogP contribution in [0.5, 0.6) is 11.6 Å². The summed E-state index contributed by atoms with van der Waals surface area (Å²) in [6.07, 6.45) is 2.08. The Morgan fingerprint density at radius 2 is 1.85 bits per heavy atom. The number of hydrogen-bond acceptors (Lipinski definition) is 5. The Morgan fingerprint density at radius 3 is 2.53 bits per heavy atom. The number of hydrogen-bond donors (Lipinski definition) is 1. The Balaban J connectivity index is 1.63. The highest BCUT2D eigenvalue weighted by Crippen LogP contribution is 2.34. The summed E-state index contributed by atoms with van der Waals surface area (Å²) in [5, 5.41) is 15.5. The van der Waals surface area contributed by atoms with E-state index in [4.69, 9.17) is 14.6 Å². The lowest BCUT2D eigenvalue weighted by Gasteiger charge is -2.26. The molecule has 6 heteroatoms. The standard InChI is InChI=1S/C28H37N3O3/c1-20(2)33-19-25(32)17-30(16-23-13-14-23)18-27-22(4)29-31(24-10-6-5-7-11-24)28(27)34-26-12-8-9-21(3)15-26/h5-12,15,20,23,25,32H,13-14,16-19H2,1-4H3/t25-/m1/s1. The molecule has 2 aromatic carbocycles. The SMILES string of the molecule is Cc1cccc(Oc2c(CN(CC3CC3)C[C@@H](O)COC(C)C)c(C)nn2-c2ccccc2)c1. The monoisotopic (exact) mass is 463 g/mol. The summed E-state index contributed by atoms with van der Waals surface area (Å²) in [5.41, 5.74) is 4.08. The first-order valence-corrected chi connectivity index (χ1v) is 12.3. The summed E-state index contributed by atoms with van der Waals surface area (Å²) in [6, 6.07) is 18.2. The average molecular weight is 464 g/mol. The number of aliphatic hydroxyl groups is 1. The predicted octanol–water partition coefficient (Wildman–Crippen LogP) is 5.28. The third kappa shape index (κ3) is 6.69. The van der Waals surface area contributed by atoms with Gasteiger partial charge in [-0.3, -0.25) is 4.90 Å². The fourth-order valence-electron chi connectivity index (χ4n) is 4.11. The lowest BCUT2D eigenvalue weighted by Crippen LogP contribution is -2.36. The topological polar surface area (TPSA) is 59.8 Å². The molecule has 1 heterocycles. The lowest BCUT2D eigenvalue weighted by molar-refractivity contribution is -0.0101. The zero-order valence-electron chi connectivity index (χ0n) is 20.8. The predicted molar refractivity (Wildman–Crippen MR) is 135 cm³/mol. The maximum atomic E-state index is 10.6. The van der Waals surface area contributed by atoms with Gasteiger partial charge in [0, 0.05) is 19.6 Å². The Kier molecular flexibility index (Phi) is 8.03. The number of ether oxygens (including phenoxy) is 2. The van der Waals surface area contributed by atoms with Crippen LogP contribution in [0.15, 0.2) is 54.6 Å². The van der Waals surface area contributed by atoms with E-state index in [0.29, 0.717) is 25.6 Å². The zero-order valence-corrected chi connectivity index (χ0v) is 20.8. The van der Waals surface area contributed by atoms with Crippen molar-refractivity contribution in [1.29, 1.82) is 0 Å². The van der Waals surface area contributed by atoms with E-state index in [9.17, 15) is 5.11 Å². The third-order valence-electron chi connectivity index (χ3n) is 6.03. The first kappa shape index (κ1) is 24.5. The van der Waals surface area contributed by atoms with Crippen molar-refractivity contribution < 1.29 is 14.6 Å². The smallest absolute Gasteiger partial charge is 0.227 e. The van der Waals surface area contributed by atoms with Gasteiger partial charge in [-0.05, 0) is 76.3 Å². The summed E-state index contributed by atoms with van der Waals surface area (Å²) in [4.78, 5) is 2.33. The molecule has 0 radical (unpaired) electrons. The van der Waals surface area contributed by atoms with Crippen LogP contribution >= 0.6 is 0 Å². The van der Waals surface area contributed by atoms with Gasteiger partial charge in [0.05, 0.1) is 35.8 Å². The molecule has 182 valence electrons. The van der Waals surface area contributed by atoms with Gasteiger partial charge in [0.2, 0.25) is 5.88 Å². The number of para-hydroxylation sites is 1. The van der Waals surface area contributed by atoms with Crippen LogP contribution < -0.4 is 4.74 Å². The second-order valence-electron chi connectivity index (χ2n) is 9.71. The summed E-state index contributed by atoms with van der Waals surface area (Å²) in [7, 11) is 0. The highest BCUT2D eigenvalue weighted by molar-refractivity contribution is 5.43. The summed E-state index contributed by atoms with van der Waals surface area (Å²) >= 11 is 0. The van der Waals surface area contributed by atoms with Crippen LogP contribution in [0.4, 0.5) is 0 Å². The van der Waals surface area contributed by atoms with Gasteiger partial charge in [-0.2, -0.15) is 5.10 Å². The molecule has 4 rings (SSSR count). The molecule has 6 nitrogen and oxygen atoms in total. The van der Waals surface area contributed by atoms with Crippen LogP contribution in [0.2, 0.25) is 0 Å². The molecule has 0 bridgehead atoms. The largest absolute Gasteiger partial charge is 0.439 e. The molecule has 3 aromatic rings. The van der Waals surface area contributed by atoms with Crippen molar-refractivity contribution in [2.45, 2.75) is 59.3 Å². The molecule has 0 aliphatic heterocycles. The summed E-state index contributed by atoms with van der Waals surface area (Å²) < 4.78 is 14.0. The van der Waals surface area contributed by atoms with E-state index in [-0.39, 0.29) is 6.10 Å². The van der Waals surface area contributed by atoms with Crippen molar-refractivity contribution in [3.05, 3.63) is 71.4 Å². The van der Waals surface area contributed by atoms with Crippen LogP contribution in [0.25, 0.3) is 5.69 Å². The average Bonchev–Trinajstić information content (AvgIpc) is 3.57. The van der Waals surface area contributed by atoms with Crippen molar-refractivity contribution in [2.24, 2.45) is 5.92 Å². The molecule has 34 heavy (non-hydrogen) atoms. The van der Waals surface area contributed by atoms with Crippen LogP contribution in [-0.4, -0.2) is 51.7 Å². The Labute approximate surface area is 203 Å². The zero-order chi connectivity index (χ0) is 24.1. The number of rotatable bonds is 12. The number of aliphatic hydroxyl groups excluding tert-OH is 1. The van der Waals surface area contributed by atoms with E-state index >= 15 is 0 Å². The molecule has 0 spiro atoms. The van der Waals surface area contributed by atoms with E-state index in [1.807, 2.05) is 74.0 Å². The second kappa shape index (κ2) is 11.2. The Hall–Kier alpha value is -2.67. The van der Waals surface area contributed by atoms with Gasteiger partial charge in [0.1, 0.15) is 5.75 Å². The van der Waals surface area contributed by atoms with Crippen LogP contribution in [0.1, 0.15) is 43.5 Å². The minimum absolute atomic E-state index is 0.104. The minimum atomic E-state index is -0.535. The van der Waals surface area contributed by atoms with E-state index in [0.717, 1.165) is 40.7 Å². The number of nitrogens with zero attached hydrogens (tertiary/aromatic N) is 3. The van der Waals surface area contributed by atoms with Crippen LogP contribution in [0, 0.1) is 19.8 Å². The maximum absolute atomic E-state index is 10.6. The molecular formula is C28H37N3O3.